The highest BCUT2D eigenvalue weighted by Crippen LogP contribution is 2.51. The van der Waals surface area contributed by atoms with Crippen LogP contribution in [0.1, 0.15) is 24.0 Å². The van der Waals surface area contributed by atoms with Crippen LogP contribution in [0.2, 0.25) is 5.02 Å². The van der Waals surface area contributed by atoms with Gasteiger partial charge in [0.05, 0.1) is 12.1 Å². The van der Waals surface area contributed by atoms with Gasteiger partial charge in [-0.1, -0.05) is 11.6 Å². The number of benzene rings is 1. The topological polar surface area (TPSA) is 55.5 Å². The number of halogens is 1. The zero-order chi connectivity index (χ0) is 11.2. The Bertz CT molecular complexity index is 414. The van der Waals surface area contributed by atoms with Crippen LogP contribution in [0.25, 0.3) is 0 Å². The van der Waals surface area contributed by atoms with Crippen LogP contribution in [0.3, 0.4) is 0 Å². The molecular formula is C11H14ClNO2. The minimum atomic E-state index is -0.342. The smallest absolute Gasteiger partial charge is 0.177 e. The molecule has 1 aromatic rings. The second kappa shape index (κ2) is 3.29. The lowest BCUT2D eigenvalue weighted by Crippen LogP contribution is -2.20. The molecule has 0 amide bonds. The molecule has 0 heterocycles. The first-order chi connectivity index (χ1) is 6.99. The van der Waals surface area contributed by atoms with E-state index < -0.39 is 0 Å². The molecule has 0 saturated heterocycles. The Morgan fingerprint density at radius 3 is 2.60 bits per heavy atom. The van der Waals surface area contributed by atoms with Crippen LogP contribution >= 0.6 is 11.6 Å². The molecule has 0 atom stereocenters. The Kier molecular flexibility index (Phi) is 2.32. The highest BCUT2D eigenvalue weighted by molar-refractivity contribution is 6.33. The molecule has 0 radical (unpaired) electrons. The molecule has 3 nitrogen and oxygen atoms in total. The van der Waals surface area contributed by atoms with Gasteiger partial charge in [0.25, 0.3) is 0 Å². The third kappa shape index (κ3) is 1.56. The van der Waals surface area contributed by atoms with E-state index in [9.17, 15) is 5.11 Å². The summed E-state index contributed by atoms with van der Waals surface area (Å²) in [5.41, 5.74) is 7.57. The van der Waals surface area contributed by atoms with Crippen molar-refractivity contribution in [1.29, 1.82) is 0 Å². The number of phenolic OH excluding ortho intramolecular Hbond substituents is 1. The molecule has 1 saturated carbocycles. The van der Waals surface area contributed by atoms with Gasteiger partial charge in [0, 0.05) is 5.54 Å². The van der Waals surface area contributed by atoms with Crippen LogP contribution in [-0.2, 0) is 5.54 Å². The number of hydrogen-bond donors (Lipinski definition) is 2. The maximum Gasteiger partial charge on any atom is 0.177 e. The monoisotopic (exact) mass is 227 g/mol. The summed E-state index contributed by atoms with van der Waals surface area (Å²) < 4.78 is 5.02. The summed E-state index contributed by atoms with van der Waals surface area (Å²) in [5.74, 6) is 0.377. The van der Waals surface area contributed by atoms with Gasteiger partial charge >= 0.3 is 0 Å². The molecule has 1 aliphatic rings. The average Bonchev–Trinajstić information content (AvgIpc) is 2.91. The zero-order valence-corrected chi connectivity index (χ0v) is 9.56. The van der Waals surface area contributed by atoms with E-state index in [0.29, 0.717) is 10.8 Å². The van der Waals surface area contributed by atoms with Gasteiger partial charge in [0.1, 0.15) is 0 Å². The van der Waals surface area contributed by atoms with Crippen LogP contribution in [0.4, 0.5) is 0 Å². The van der Waals surface area contributed by atoms with E-state index in [1.165, 1.54) is 7.11 Å². The standard InChI is InChI=1S/C11H14ClNO2/c1-6-5-7(15-2)10(14)9(12)8(6)11(13)3-4-11/h5,14H,3-4,13H2,1-2H3. The minimum Gasteiger partial charge on any atom is -0.503 e. The van der Waals surface area contributed by atoms with E-state index in [2.05, 4.69) is 0 Å². The molecule has 2 rings (SSSR count). The molecule has 4 heteroatoms. The van der Waals surface area contributed by atoms with Crippen molar-refractivity contribution in [2.24, 2.45) is 5.73 Å². The molecule has 0 unspecified atom stereocenters. The minimum absolute atomic E-state index is 0.0171. The normalized spacial score (nSPS) is 17.6. The molecule has 0 spiro atoms. The Hall–Kier alpha value is -0.930. The van der Waals surface area contributed by atoms with Gasteiger partial charge in [0.2, 0.25) is 0 Å². The van der Waals surface area contributed by atoms with E-state index in [1.807, 2.05) is 6.92 Å². The molecule has 0 bridgehead atoms. The van der Waals surface area contributed by atoms with Crippen molar-refractivity contribution in [1.82, 2.24) is 0 Å². The van der Waals surface area contributed by atoms with Gasteiger partial charge in [-0.25, -0.2) is 0 Å². The van der Waals surface area contributed by atoms with E-state index >= 15 is 0 Å². The first-order valence-electron chi connectivity index (χ1n) is 4.85. The molecule has 1 aliphatic carbocycles. The van der Waals surface area contributed by atoms with E-state index in [1.54, 1.807) is 6.07 Å². The number of ether oxygens (including phenoxy) is 1. The van der Waals surface area contributed by atoms with Gasteiger partial charge in [0.15, 0.2) is 11.5 Å². The third-order valence-electron chi connectivity index (χ3n) is 2.91. The fraction of sp³-hybridized carbons (Fsp3) is 0.455. The van der Waals surface area contributed by atoms with Crippen LogP contribution in [-0.4, -0.2) is 12.2 Å². The predicted molar refractivity (Wildman–Crippen MR) is 59.5 cm³/mol. The summed E-state index contributed by atoms with van der Waals surface area (Å²) in [7, 11) is 1.50. The van der Waals surface area contributed by atoms with Gasteiger partial charge in [-0.15, -0.1) is 0 Å². The Morgan fingerprint density at radius 2 is 2.13 bits per heavy atom. The van der Waals surface area contributed by atoms with Gasteiger partial charge in [-0.2, -0.15) is 0 Å². The van der Waals surface area contributed by atoms with Crippen molar-refractivity contribution in [3.05, 3.63) is 22.2 Å². The van der Waals surface area contributed by atoms with Crippen LogP contribution in [0.5, 0.6) is 11.5 Å². The maximum atomic E-state index is 9.78. The number of hydrogen-bond acceptors (Lipinski definition) is 3. The Labute approximate surface area is 93.8 Å². The molecular weight excluding hydrogens is 214 g/mol. The van der Waals surface area contributed by atoms with Gasteiger partial charge in [-0.3, -0.25) is 0 Å². The highest BCUT2D eigenvalue weighted by atomic mass is 35.5. The summed E-state index contributed by atoms with van der Waals surface area (Å²) in [6.07, 6.45) is 1.83. The summed E-state index contributed by atoms with van der Waals surface area (Å²) in [6, 6.07) is 1.77. The number of aryl methyl sites for hydroxylation is 1. The number of phenols is 1. The quantitative estimate of drug-likeness (QED) is 0.815. The second-order valence-electron chi connectivity index (χ2n) is 4.09. The van der Waals surface area contributed by atoms with E-state index in [-0.39, 0.29) is 11.3 Å². The molecule has 1 aromatic carbocycles. The number of methoxy groups -OCH3 is 1. The molecule has 0 aromatic heterocycles. The van der Waals surface area contributed by atoms with Crippen molar-refractivity contribution in [3.8, 4) is 11.5 Å². The van der Waals surface area contributed by atoms with Gasteiger partial charge < -0.3 is 15.6 Å². The molecule has 3 N–H and O–H groups in total. The van der Waals surface area contributed by atoms with Crippen molar-refractivity contribution in [2.75, 3.05) is 7.11 Å². The summed E-state index contributed by atoms with van der Waals surface area (Å²) >= 11 is 6.10. The summed E-state index contributed by atoms with van der Waals surface area (Å²) in [5, 5.41) is 10.1. The van der Waals surface area contributed by atoms with Crippen LogP contribution in [0, 0.1) is 6.92 Å². The fourth-order valence-electron chi connectivity index (χ4n) is 1.89. The third-order valence-corrected chi connectivity index (χ3v) is 3.28. The lowest BCUT2D eigenvalue weighted by molar-refractivity contribution is 0.372. The van der Waals surface area contributed by atoms with Crippen LogP contribution < -0.4 is 10.5 Å². The molecule has 1 fully saturated rings. The van der Waals surface area contributed by atoms with Gasteiger partial charge in [-0.05, 0) is 37.0 Å². The van der Waals surface area contributed by atoms with Crippen molar-refractivity contribution in [3.63, 3.8) is 0 Å². The highest BCUT2D eigenvalue weighted by Gasteiger charge is 2.43. The Balaban J connectivity index is 2.61. The van der Waals surface area contributed by atoms with Crippen LogP contribution in [0.15, 0.2) is 6.07 Å². The predicted octanol–water partition coefficient (Wildman–Crippen LogP) is 2.31. The largest absolute Gasteiger partial charge is 0.503 e. The number of rotatable bonds is 2. The molecule has 82 valence electrons. The van der Waals surface area contributed by atoms with E-state index in [0.717, 1.165) is 24.0 Å². The number of nitrogens with two attached hydrogens (primary N) is 1. The second-order valence-corrected chi connectivity index (χ2v) is 4.47. The lowest BCUT2D eigenvalue weighted by atomic mass is 9.99. The van der Waals surface area contributed by atoms with E-state index in [4.69, 9.17) is 22.1 Å². The van der Waals surface area contributed by atoms with Crippen molar-refractivity contribution < 1.29 is 9.84 Å². The van der Waals surface area contributed by atoms with Crippen molar-refractivity contribution >= 4 is 11.6 Å². The van der Waals surface area contributed by atoms with Crippen molar-refractivity contribution in [2.45, 2.75) is 25.3 Å². The summed E-state index contributed by atoms with van der Waals surface area (Å²) in [6.45, 7) is 1.93. The zero-order valence-electron chi connectivity index (χ0n) is 8.80. The number of aromatic hydroxyl groups is 1. The SMILES string of the molecule is COc1cc(C)c(C2(N)CC2)c(Cl)c1O. The fourth-order valence-corrected chi connectivity index (χ4v) is 2.32. The summed E-state index contributed by atoms with van der Waals surface area (Å²) in [4.78, 5) is 0. The molecule has 15 heavy (non-hydrogen) atoms. The lowest BCUT2D eigenvalue weighted by Gasteiger charge is -2.17. The molecule has 0 aliphatic heterocycles. The Morgan fingerprint density at radius 1 is 1.53 bits per heavy atom. The first-order valence-corrected chi connectivity index (χ1v) is 5.23. The maximum absolute atomic E-state index is 9.78. The average molecular weight is 228 g/mol. The first kappa shape index (κ1) is 10.6.